The molecule has 7 heteroatoms. The molecule has 0 amide bonds. The highest BCUT2D eigenvalue weighted by molar-refractivity contribution is 7.99. The molecule has 1 heterocycles. The Labute approximate surface area is 110 Å². The number of H-pyrrole nitrogens is 1. The Kier molecular flexibility index (Phi) is 5.84. The van der Waals surface area contributed by atoms with Crippen molar-refractivity contribution in [1.82, 2.24) is 9.55 Å². The van der Waals surface area contributed by atoms with Gasteiger partial charge in [-0.05, 0) is 24.9 Å². The number of anilines is 2. The summed E-state index contributed by atoms with van der Waals surface area (Å²) in [5.74, 6) is 2.33. The lowest BCUT2D eigenvalue weighted by Crippen LogP contribution is -2.33. The maximum atomic E-state index is 11.6. The summed E-state index contributed by atoms with van der Waals surface area (Å²) in [6, 6.07) is 0. The summed E-state index contributed by atoms with van der Waals surface area (Å²) in [5, 5.41) is 3.00. The fraction of sp³-hybridized carbons (Fsp3) is 0.636. The van der Waals surface area contributed by atoms with E-state index in [0.717, 1.165) is 17.9 Å². The van der Waals surface area contributed by atoms with Gasteiger partial charge in [0.25, 0.3) is 5.56 Å². The average molecular weight is 272 g/mol. The van der Waals surface area contributed by atoms with E-state index in [4.69, 9.17) is 5.73 Å². The Morgan fingerprint density at radius 2 is 2.11 bits per heavy atom. The minimum atomic E-state index is -0.466. The second-order valence-electron chi connectivity index (χ2n) is 3.74. The van der Waals surface area contributed by atoms with Gasteiger partial charge >= 0.3 is 5.69 Å². The van der Waals surface area contributed by atoms with Crippen LogP contribution in [0.1, 0.15) is 20.3 Å². The van der Waals surface area contributed by atoms with Crippen molar-refractivity contribution in [2.75, 3.05) is 29.1 Å². The second-order valence-corrected chi connectivity index (χ2v) is 5.13. The molecule has 0 fully saturated rings. The van der Waals surface area contributed by atoms with E-state index in [1.807, 2.05) is 11.8 Å². The Morgan fingerprint density at radius 1 is 1.39 bits per heavy atom. The standard InChI is InChI=1S/C11H20N4O2S/c1-3-15-9(12)8(10(16)14-11(15)17)13-6-5-7-18-4-2/h13H,3-7,12H2,1-2H3,(H,14,16,17). The summed E-state index contributed by atoms with van der Waals surface area (Å²) < 4.78 is 1.34. The Balaban J connectivity index is 2.77. The lowest BCUT2D eigenvalue weighted by Gasteiger charge is -2.12. The van der Waals surface area contributed by atoms with E-state index in [0.29, 0.717) is 13.1 Å². The van der Waals surface area contributed by atoms with E-state index in [1.165, 1.54) is 4.57 Å². The van der Waals surface area contributed by atoms with Crippen LogP contribution in [-0.4, -0.2) is 27.6 Å². The number of nitrogens with one attached hydrogen (secondary N) is 2. The van der Waals surface area contributed by atoms with Crippen LogP contribution in [0.15, 0.2) is 9.59 Å². The first-order valence-electron chi connectivity index (χ1n) is 6.06. The van der Waals surface area contributed by atoms with E-state index < -0.39 is 11.2 Å². The number of nitrogen functional groups attached to an aromatic ring is 1. The zero-order chi connectivity index (χ0) is 13.5. The average Bonchev–Trinajstić information content (AvgIpc) is 2.32. The van der Waals surface area contributed by atoms with Gasteiger partial charge in [-0.3, -0.25) is 14.3 Å². The van der Waals surface area contributed by atoms with Gasteiger partial charge in [0.2, 0.25) is 0 Å². The summed E-state index contributed by atoms with van der Waals surface area (Å²) >= 11 is 1.85. The van der Waals surface area contributed by atoms with Crippen molar-refractivity contribution < 1.29 is 0 Å². The van der Waals surface area contributed by atoms with Crippen LogP contribution >= 0.6 is 11.8 Å². The van der Waals surface area contributed by atoms with Gasteiger partial charge in [-0.2, -0.15) is 11.8 Å². The van der Waals surface area contributed by atoms with Gasteiger partial charge < -0.3 is 11.1 Å². The molecule has 0 aromatic carbocycles. The molecule has 0 saturated carbocycles. The van der Waals surface area contributed by atoms with Crippen LogP contribution in [0, 0.1) is 0 Å². The van der Waals surface area contributed by atoms with Gasteiger partial charge in [0, 0.05) is 13.1 Å². The molecule has 18 heavy (non-hydrogen) atoms. The van der Waals surface area contributed by atoms with E-state index in [2.05, 4.69) is 17.2 Å². The van der Waals surface area contributed by atoms with E-state index in [-0.39, 0.29) is 11.5 Å². The van der Waals surface area contributed by atoms with Gasteiger partial charge in [0.15, 0.2) is 0 Å². The van der Waals surface area contributed by atoms with Gasteiger partial charge in [-0.25, -0.2) is 4.79 Å². The molecule has 0 saturated heterocycles. The first kappa shape index (κ1) is 14.7. The summed E-state index contributed by atoms with van der Waals surface area (Å²) in [6.45, 7) is 5.01. The Morgan fingerprint density at radius 3 is 2.72 bits per heavy atom. The number of hydrogen-bond donors (Lipinski definition) is 3. The number of aromatic nitrogens is 2. The van der Waals surface area contributed by atoms with Crippen LogP contribution < -0.4 is 22.3 Å². The third kappa shape index (κ3) is 3.56. The Hall–Kier alpha value is -1.37. The van der Waals surface area contributed by atoms with E-state index >= 15 is 0 Å². The zero-order valence-corrected chi connectivity index (χ0v) is 11.6. The predicted molar refractivity (Wildman–Crippen MR) is 77.5 cm³/mol. The van der Waals surface area contributed by atoms with Crippen molar-refractivity contribution in [3.8, 4) is 0 Å². The van der Waals surface area contributed by atoms with Crippen molar-refractivity contribution in [1.29, 1.82) is 0 Å². The molecule has 0 bridgehead atoms. The van der Waals surface area contributed by atoms with Crippen LogP contribution in [-0.2, 0) is 6.54 Å². The van der Waals surface area contributed by atoms with Crippen LogP contribution in [0.3, 0.4) is 0 Å². The van der Waals surface area contributed by atoms with Crippen LogP contribution in [0.4, 0.5) is 11.5 Å². The van der Waals surface area contributed by atoms with Crippen molar-refractivity contribution in [3.63, 3.8) is 0 Å². The monoisotopic (exact) mass is 272 g/mol. The third-order valence-electron chi connectivity index (χ3n) is 2.53. The second kappa shape index (κ2) is 7.15. The molecule has 0 spiro atoms. The minimum Gasteiger partial charge on any atom is -0.383 e. The highest BCUT2D eigenvalue weighted by atomic mass is 32.2. The molecule has 0 aliphatic rings. The largest absolute Gasteiger partial charge is 0.383 e. The fourth-order valence-electron chi connectivity index (χ4n) is 1.60. The lowest BCUT2D eigenvalue weighted by molar-refractivity contribution is 0.706. The lowest BCUT2D eigenvalue weighted by atomic mass is 10.4. The number of hydrogen-bond acceptors (Lipinski definition) is 5. The summed E-state index contributed by atoms with van der Waals surface area (Å²) in [7, 11) is 0. The molecule has 102 valence electrons. The summed E-state index contributed by atoms with van der Waals surface area (Å²) in [4.78, 5) is 25.3. The Bertz CT molecular complexity index is 495. The molecule has 0 aliphatic heterocycles. The maximum absolute atomic E-state index is 11.6. The fourth-order valence-corrected chi connectivity index (χ4v) is 2.24. The highest BCUT2D eigenvalue weighted by Gasteiger charge is 2.10. The number of nitrogens with two attached hydrogens (primary N) is 1. The normalized spacial score (nSPS) is 10.6. The molecule has 0 unspecified atom stereocenters. The molecule has 4 N–H and O–H groups in total. The van der Waals surface area contributed by atoms with Gasteiger partial charge in [-0.1, -0.05) is 6.92 Å². The molecule has 0 atom stereocenters. The van der Waals surface area contributed by atoms with Crippen LogP contribution in [0.5, 0.6) is 0 Å². The molecular formula is C11H20N4O2S. The molecule has 1 rings (SSSR count). The summed E-state index contributed by atoms with van der Waals surface area (Å²) in [6.07, 6.45) is 0.947. The van der Waals surface area contributed by atoms with Gasteiger partial charge in [-0.15, -0.1) is 0 Å². The molecule has 6 nitrogen and oxygen atoms in total. The smallest absolute Gasteiger partial charge is 0.330 e. The minimum absolute atomic E-state index is 0.203. The number of nitrogens with zero attached hydrogens (tertiary/aromatic N) is 1. The van der Waals surface area contributed by atoms with Crippen molar-refractivity contribution in [2.24, 2.45) is 0 Å². The quantitative estimate of drug-likeness (QED) is 0.635. The summed E-state index contributed by atoms with van der Waals surface area (Å²) in [5.41, 5.74) is 5.18. The topological polar surface area (TPSA) is 92.9 Å². The maximum Gasteiger partial charge on any atom is 0.330 e. The first-order valence-corrected chi connectivity index (χ1v) is 7.21. The highest BCUT2D eigenvalue weighted by Crippen LogP contribution is 2.10. The molecule has 1 aromatic rings. The number of rotatable bonds is 7. The predicted octanol–water partition coefficient (Wildman–Crippen LogP) is 0.694. The van der Waals surface area contributed by atoms with Crippen molar-refractivity contribution in [2.45, 2.75) is 26.8 Å². The van der Waals surface area contributed by atoms with E-state index in [1.54, 1.807) is 6.92 Å². The van der Waals surface area contributed by atoms with Gasteiger partial charge in [0.05, 0.1) is 0 Å². The third-order valence-corrected chi connectivity index (χ3v) is 3.51. The zero-order valence-electron chi connectivity index (χ0n) is 10.8. The molecule has 1 aromatic heterocycles. The van der Waals surface area contributed by atoms with E-state index in [9.17, 15) is 9.59 Å². The molecule has 0 aliphatic carbocycles. The van der Waals surface area contributed by atoms with Crippen molar-refractivity contribution in [3.05, 3.63) is 20.8 Å². The van der Waals surface area contributed by atoms with Crippen LogP contribution in [0.2, 0.25) is 0 Å². The van der Waals surface area contributed by atoms with Crippen LogP contribution in [0.25, 0.3) is 0 Å². The number of thioether (sulfide) groups is 1. The molecular weight excluding hydrogens is 252 g/mol. The number of aromatic amines is 1. The first-order chi connectivity index (χ1) is 8.61. The SMILES string of the molecule is CCSCCCNc1c(N)n(CC)c(=O)[nH]c1=O. The van der Waals surface area contributed by atoms with Gasteiger partial charge in [0.1, 0.15) is 11.5 Å². The molecule has 0 radical (unpaired) electrons. The van der Waals surface area contributed by atoms with Crippen molar-refractivity contribution >= 4 is 23.3 Å².